The molecule has 17 heteroatoms. The molecule has 0 aromatic heterocycles. The van der Waals surface area contributed by atoms with E-state index in [4.69, 9.17) is 11.6 Å². The number of aliphatic hydroxyl groups excluding tert-OH is 2. The quantitative estimate of drug-likeness (QED) is 0.172. The van der Waals surface area contributed by atoms with Crippen LogP contribution in [0, 0.1) is 6.92 Å². The number of carbonyl (C=O) groups excluding carboxylic acids is 7. The average Bonchev–Trinajstić information content (AvgIpc) is 3.83. The Morgan fingerprint density at radius 2 is 1.54 bits per heavy atom. The van der Waals surface area contributed by atoms with Gasteiger partial charge in [0, 0.05) is 43.2 Å². The van der Waals surface area contributed by atoms with Crippen molar-refractivity contribution >= 4 is 58.6 Å². The van der Waals surface area contributed by atoms with Crippen molar-refractivity contribution in [3.8, 4) is 0 Å². The summed E-state index contributed by atoms with van der Waals surface area (Å²) in [4.78, 5) is 98.0. The lowest BCUT2D eigenvalue weighted by molar-refractivity contribution is -0.151. The predicted molar refractivity (Wildman–Crippen MR) is 210 cm³/mol. The van der Waals surface area contributed by atoms with E-state index in [-0.39, 0.29) is 37.6 Å². The number of hydrogen-bond acceptors (Lipinski definition) is 9. The Hall–Kier alpha value is -5.06. The van der Waals surface area contributed by atoms with Crippen molar-refractivity contribution < 1.29 is 43.8 Å². The Morgan fingerprint density at radius 1 is 0.825 bits per heavy atom. The van der Waals surface area contributed by atoms with E-state index in [2.05, 4.69) is 21.3 Å². The van der Waals surface area contributed by atoms with Gasteiger partial charge in [-0.05, 0) is 76.6 Å². The molecule has 0 saturated carbocycles. The van der Waals surface area contributed by atoms with Gasteiger partial charge in [0.1, 0.15) is 30.2 Å². The highest BCUT2D eigenvalue weighted by Gasteiger charge is 2.46. The number of β-amino-alcohol motifs (C(OH)–C–C–N with tert-alkyl or cyclic N) is 1. The first-order valence-electron chi connectivity index (χ1n) is 19.4. The minimum Gasteiger partial charge on any atom is -0.394 e. The smallest absolute Gasteiger partial charge is 0.319 e. The second-order valence-corrected chi connectivity index (χ2v) is 15.5. The molecule has 0 aliphatic carbocycles. The number of likely N-dealkylation sites (tertiary alicyclic amines) is 3. The molecule has 5 rings (SSSR count). The lowest BCUT2D eigenvalue weighted by atomic mass is 9.99. The molecule has 3 fully saturated rings. The second kappa shape index (κ2) is 19.4. The van der Waals surface area contributed by atoms with Crippen LogP contribution >= 0.6 is 11.6 Å². The van der Waals surface area contributed by atoms with Crippen LogP contribution in [0.15, 0.2) is 48.5 Å². The molecule has 0 spiro atoms. The molecule has 0 unspecified atom stereocenters. The molecule has 0 bridgehead atoms. The molecule has 0 radical (unpaired) electrons. The summed E-state index contributed by atoms with van der Waals surface area (Å²) in [5, 5.41) is 32.0. The SMILES string of the molecule is CC(=O)[C@@H]1CCCN1C(=O)[C@H](C)NC(=O)[C@@H]1CCCCN1C(=O)[C@@H]1C[C@@H](O)CN1C(=O)[C@H](CO)NC(=O)[C@H](Cc1cccc(C)c1)NC(=O)Nc1cccc(Cl)c1. The van der Waals surface area contributed by atoms with E-state index >= 15 is 0 Å². The van der Waals surface area contributed by atoms with Crippen molar-refractivity contribution in [2.45, 2.75) is 108 Å². The highest BCUT2D eigenvalue weighted by atomic mass is 35.5. The van der Waals surface area contributed by atoms with Gasteiger partial charge >= 0.3 is 6.03 Å². The standard InChI is InChI=1S/C40H52ClN7O9/c1-23-9-6-10-26(17-23)18-30(45-40(57)43-28-12-7-11-27(41)19-28)35(52)44-31(22-49)38(55)48-21-29(51)20-34(48)39(56)47-15-5-4-13-33(47)36(53)42-24(2)37(54)46-16-8-14-32(46)25(3)50/h6-7,9-12,17,19,24,29-34,49,51H,4-5,8,13-16,18,20-22H2,1-3H3,(H,42,53)(H,44,52)(H2,43,45,57)/t24-,29+,30-,31-,32-,33-,34-/m0/s1. The third kappa shape index (κ3) is 10.9. The number of nitrogens with one attached hydrogen (secondary N) is 4. The fraction of sp³-hybridized carbons (Fsp3) is 0.525. The number of aliphatic hydroxyl groups is 2. The maximum Gasteiger partial charge on any atom is 0.319 e. The Bertz CT molecular complexity index is 1850. The molecule has 6 N–H and O–H groups in total. The van der Waals surface area contributed by atoms with E-state index in [0.29, 0.717) is 54.9 Å². The Kier molecular flexibility index (Phi) is 14.7. The number of benzene rings is 2. The zero-order valence-electron chi connectivity index (χ0n) is 32.4. The van der Waals surface area contributed by atoms with Crippen LogP contribution in [-0.2, 0) is 35.2 Å². The number of halogens is 1. The van der Waals surface area contributed by atoms with Crippen LogP contribution in [0.5, 0.6) is 0 Å². The van der Waals surface area contributed by atoms with Gasteiger partial charge in [-0.3, -0.25) is 28.8 Å². The number of amides is 7. The number of Topliss-reactive ketones (excluding diaryl/α,β-unsaturated/α-hetero) is 1. The van der Waals surface area contributed by atoms with Crippen LogP contribution < -0.4 is 21.3 Å². The summed E-state index contributed by atoms with van der Waals surface area (Å²) in [6.07, 6.45) is 1.54. The second-order valence-electron chi connectivity index (χ2n) is 15.1. The molecule has 3 saturated heterocycles. The van der Waals surface area contributed by atoms with Gasteiger partial charge in [-0.15, -0.1) is 0 Å². The number of ketones is 1. The van der Waals surface area contributed by atoms with Gasteiger partial charge in [0.15, 0.2) is 5.78 Å². The summed E-state index contributed by atoms with van der Waals surface area (Å²) < 4.78 is 0. The third-order valence-electron chi connectivity index (χ3n) is 10.7. The molecule has 3 aliphatic rings. The Morgan fingerprint density at radius 3 is 2.25 bits per heavy atom. The summed E-state index contributed by atoms with van der Waals surface area (Å²) >= 11 is 6.05. The molecule has 2 aromatic rings. The molecule has 16 nitrogen and oxygen atoms in total. The molecule has 3 heterocycles. The molecular weight excluding hydrogens is 758 g/mol. The fourth-order valence-electron chi connectivity index (χ4n) is 7.86. The molecule has 7 atom stereocenters. The number of hydrogen-bond donors (Lipinski definition) is 6. The summed E-state index contributed by atoms with van der Waals surface area (Å²) in [6.45, 7) is 4.32. The van der Waals surface area contributed by atoms with E-state index in [0.717, 1.165) is 10.5 Å². The van der Waals surface area contributed by atoms with Gasteiger partial charge in [-0.25, -0.2) is 4.79 Å². The van der Waals surface area contributed by atoms with Gasteiger partial charge < -0.3 is 46.2 Å². The highest BCUT2D eigenvalue weighted by molar-refractivity contribution is 6.30. The van der Waals surface area contributed by atoms with E-state index in [1.165, 1.54) is 29.7 Å². The molecule has 3 aliphatic heterocycles. The summed E-state index contributed by atoms with van der Waals surface area (Å²) in [5.41, 5.74) is 2.01. The third-order valence-corrected chi connectivity index (χ3v) is 10.9. The number of nitrogens with zero attached hydrogens (tertiary/aromatic N) is 3. The minimum atomic E-state index is -1.55. The summed E-state index contributed by atoms with van der Waals surface area (Å²) in [7, 11) is 0. The molecule has 2 aromatic carbocycles. The molecule has 308 valence electrons. The molecule has 7 amide bonds. The van der Waals surface area contributed by atoms with Crippen molar-refractivity contribution in [3.63, 3.8) is 0 Å². The zero-order valence-corrected chi connectivity index (χ0v) is 33.2. The first-order valence-corrected chi connectivity index (χ1v) is 19.7. The van der Waals surface area contributed by atoms with Gasteiger partial charge in [-0.1, -0.05) is 47.5 Å². The van der Waals surface area contributed by atoms with Crippen LogP contribution in [-0.4, -0.2) is 135 Å². The first-order chi connectivity index (χ1) is 27.2. The molecular formula is C40H52ClN7O9. The zero-order chi connectivity index (χ0) is 41.4. The lowest BCUT2D eigenvalue weighted by Crippen LogP contribution is -2.61. The average molecular weight is 810 g/mol. The van der Waals surface area contributed by atoms with E-state index < -0.39 is 78.6 Å². The Balaban J connectivity index is 1.28. The minimum absolute atomic E-state index is 0.0321. The van der Waals surface area contributed by atoms with Crippen molar-refractivity contribution in [1.29, 1.82) is 0 Å². The summed E-state index contributed by atoms with van der Waals surface area (Å²) in [5.74, 6) is -3.27. The van der Waals surface area contributed by atoms with Crippen LogP contribution in [0.4, 0.5) is 10.5 Å². The Labute approximate surface area is 336 Å². The van der Waals surface area contributed by atoms with Crippen molar-refractivity contribution in [1.82, 2.24) is 30.7 Å². The van der Waals surface area contributed by atoms with Crippen LogP contribution in [0.3, 0.4) is 0 Å². The van der Waals surface area contributed by atoms with E-state index in [1.54, 1.807) is 30.3 Å². The van der Waals surface area contributed by atoms with E-state index in [9.17, 15) is 43.8 Å². The van der Waals surface area contributed by atoms with Crippen LogP contribution in [0.25, 0.3) is 0 Å². The van der Waals surface area contributed by atoms with Gasteiger partial charge in [0.2, 0.25) is 29.5 Å². The molecule has 57 heavy (non-hydrogen) atoms. The van der Waals surface area contributed by atoms with Crippen LogP contribution in [0.2, 0.25) is 5.02 Å². The summed E-state index contributed by atoms with van der Waals surface area (Å²) in [6, 6.07) is 6.58. The monoisotopic (exact) mass is 809 g/mol. The van der Waals surface area contributed by atoms with Gasteiger partial charge in [0.05, 0.1) is 18.8 Å². The topological polar surface area (TPSA) is 218 Å². The largest absolute Gasteiger partial charge is 0.394 e. The fourth-order valence-corrected chi connectivity index (χ4v) is 8.05. The van der Waals surface area contributed by atoms with Crippen molar-refractivity contribution in [3.05, 3.63) is 64.7 Å². The normalized spacial score (nSPS) is 22.2. The number of anilines is 1. The van der Waals surface area contributed by atoms with Crippen molar-refractivity contribution in [2.75, 3.05) is 31.6 Å². The maximum absolute atomic E-state index is 14.2. The van der Waals surface area contributed by atoms with Crippen molar-refractivity contribution in [2.24, 2.45) is 0 Å². The van der Waals surface area contributed by atoms with E-state index in [1.807, 2.05) is 19.1 Å². The van der Waals surface area contributed by atoms with Gasteiger partial charge in [-0.2, -0.15) is 0 Å². The predicted octanol–water partition coefficient (Wildman–Crippen LogP) is 1.29. The lowest BCUT2D eigenvalue weighted by Gasteiger charge is -2.39. The van der Waals surface area contributed by atoms with Gasteiger partial charge in [0.25, 0.3) is 0 Å². The highest BCUT2D eigenvalue weighted by Crippen LogP contribution is 2.26. The number of rotatable bonds is 13. The number of aryl methyl sites for hydroxylation is 1. The number of carbonyl (C=O) groups is 7. The maximum atomic E-state index is 14.2. The van der Waals surface area contributed by atoms with Crippen LogP contribution in [0.1, 0.15) is 63.5 Å². The number of urea groups is 1. The first kappa shape index (κ1) is 43.1. The number of piperidine rings is 1.